The fraction of sp³-hybridized carbons (Fsp3) is 0.294. The number of pyridine rings is 1. The van der Waals surface area contributed by atoms with E-state index in [0.717, 1.165) is 37.6 Å². The second-order valence-corrected chi connectivity index (χ2v) is 5.38. The Kier molecular flexibility index (Phi) is 4.85. The molecule has 6 heteroatoms. The van der Waals surface area contributed by atoms with E-state index in [2.05, 4.69) is 15.2 Å². The first kappa shape index (κ1) is 15.5. The maximum atomic E-state index is 12.2. The smallest absolute Gasteiger partial charge is 0.247 e. The second-order valence-electron chi connectivity index (χ2n) is 5.38. The summed E-state index contributed by atoms with van der Waals surface area (Å²) in [5, 5.41) is 2.75. The standard InChI is InChI=1S/C17H20N4O2/c18-16(13-4-2-1-3-5-13)17(22)20-15-7-6-14(12-19-15)21-8-10-23-11-9-21/h1-7,12,16H,8-11,18H2,(H,19,20,22). The molecular weight excluding hydrogens is 292 g/mol. The summed E-state index contributed by atoms with van der Waals surface area (Å²) >= 11 is 0. The van der Waals surface area contributed by atoms with Gasteiger partial charge in [0.05, 0.1) is 25.1 Å². The van der Waals surface area contributed by atoms with E-state index in [0.29, 0.717) is 5.82 Å². The van der Waals surface area contributed by atoms with Gasteiger partial charge in [-0.3, -0.25) is 4.79 Å². The molecule has 6 nitrogen and oxygen atoms in total. The molecule has 1 aliphatic rings. The largest absolute Gasteiger partial charge is 0.378 e. The fourth-order valence-corrected chi connectivity index (χ4v) is 2.48. The Labute approximate surface area is 135 Å². The number of carbonyl (C=O) groups excluding carboxylic acids is 1. The molecule has 1 amide bonds. The van der Waals surface area contributed by atoms with Gasteiger partial charge < -0.3 is 20.7 Å². The Morgan fingerprint density at radius 2 is 1.91 bits per heavy atom. The van der Waals surface area contributed by atoms with Crippen LogP contribution in [-0.2, 0) is 9.53 Å². The summed E-state index contributed by atoms with van der Waals surface area (Å²) in [5.74, 6) is 0.223. The van der Waals surface area contributed by atoms with Crippen molar-refractivity contribution in [2.45, 2.75) is 6.04 Å². The highest BCUT2D eigenvalue weighted by Crippen LogP contribution is 2.17. The average molecular weight is 312 g/mol. The highest BCUT2D eigenvalue weighted by molar-refractivity contribution is 5.94. The van der Waals surface area contributed by atoms with Gasteiger partial charge in [0.2, 0.25) is 5.91 Å². The van der Waals surface area contributed by atoms with Gasteiger partial charge in [-0.15, -0.1) is 0 Å². The Hall–Kier alpha value is -2.44. The molecular formula is C17H20N4O2. The number of anilines is 2. The summed E-state index contributed by atoms with van der Waals surface area (Å²) < 4.78 is 5.33. The predicted molar refractivity (Wildman–Crippen MR) is 89.3 cm³/mol. The van der Waals surface area contributed by atoms with E-state index in [9.17, 15) is 4.79 Å². The zero-order valence-corrected chi connectivity index (χ0v) is 12.8. The van der Waals surface area contributed by atoms with E-state index in [1.807, 2.05) is 36.4 Å². The van der Waals surface area contributed by atoms with Crippen LogP contribution >= 0.6 is 0 Å². The molecule has 0 spiro atoms. The number of nitrogens with two attached hydrogens (primary N) is 1. The molecule has 23 heavy (non-hydrogen) atoms. The molecule has 3 rings (SSSR count). The van der Waals surface area contributed by atoms with Crippen molar-refractivity contribution in [2.75, 3.05) is 36.5 Å². The molecule has 1 unspecified atom stereocenters. The number of carbonyl (C=O) groups is 1. The molecule has 1 fully saturated rings. The number of nitrogens with one attached hydrogen (secondary N) is 1. The summed E-state index contributed by atoms with van der Waals surface area (Å²) in [6.07, 6.45) is 1.76. The van der Waals surface area contributed by atoms with Crippen molar-refractivity contribution in [1.82, 2.24) is 4.98 Å². The lowest BCUT2D eigenvalue weighted by Crippen LogP contribution is -2.36. The molecule has 0 bridgehead atoms. The quantitative estimate of drug-likeness (QED) is 0.895. The minimum absolute atomic E-state index is 0.275. The van der Waals surface area contributed by atoms with E-state index in [1.165, 1.54) is 0 Å². The third-order valence-corrected chi connectivity index (χ3v) is 3.82. The van der Waals surface area contributed by atoms with Crippen molar-refractivity contribution in [1.29, 1.82) is 0 Å². The van der Waals surface area contributed by atoms with Gasteiger partial charge in [0.1, 0.15) is 11.9 Å². The summed E-state index contributed by atoms with van der Waals surface area (Å²) in [4.78, 5) is 18.7. The van der Waals surface area contributed by atoms with Crippen molar-refractivity contribution in [3.63, 3.8) is 0 Å². The van der Waals surface area contributed by atoms with Crippen molar-refractivity contribution < 1.29 is 9.53 Å². The monoisotopic (exact) mass is 312 g/mol. The molecule has 1 atom stereocenters. The predicted octanol–water partition coefficient (Wildman–Crippen LogP) is 1.56. The molecule has 0 radical (unpaired) electrons. The molecule has 1 aromatic heterocycles. The van der Waals surface area contributed by atoms with Crippen molar-refractivity contribution in [3.8, 4) is 0 Å². The molecule has 1 saturated heterocycles. The van der Waals surface area contributed by atoms with Crippen LogP contribution in [-0.4, -0.2) is 37.2 Å². The van der Waals surface area contributed by atoms with Crippen LogP contribution < -0.4 is 16.0 Å². The Morgan fingerprint density at radius 3 is 2.57 bits per heavy atom. The lowest BCUT2D eigenvalue weighted by Gasteiger charge is -2.28. The van der Waals surface area contributed by atoms with Crippen LogP contribution in [0.15, 0.2) is 48.7 Å². The molecule has 1 aliphatic heterocycles. The van der Waals surface area contributed by atoms with Gasteiger partial charge >= 0.3 is 0 Å². The van der Waals surface area contributed by atoms with Crippen molar-refractivity contribution in [2.24, 2.45) is 5.73 Å². The van der Waals surface area contributed by atoms with Gasteiger partial charge in [-0.2, -0.15) is 0 Å². The molecule has 1 aromatic carbocycles. The Bertz CT molecular complexity index is 639. The number of morpholine rings is 1. The molecule has 0 aliphatic carbocycles. The van der Waals surface area contributed by atoms with Gasteiger partial charge in [0.15, 0.2) is 0 Å². The molecule has 3 N–H and O–H groups in total. The van der Waals surface area contributed by atoms with Gasteiger partial charge in [0, 0.05) is 13.1 Å². The number of benzene rings is 1. The van der Waals surface area contributed by atoms with Crippen LogP contribution in [0.25, 0.3) is 0 Å². The SMILES string of the molecule is NC(C(=O)Nc1ccc(N2CCOCC2)cn1)c1ccccc1. The topological polar surface area (TPSA) is 80.5 Å². The van der Waals surface area contributed by atoms with Crippen molar-refractivity contribution in [3.05, 3.63) is 54.2 Å². The highest BCUT2D eigenvalue weighted by atomic mass is 16.5. The number of aromatic nitrogens is 1. The average Bonchev–Trinajstić information content (AvgIpc) is 2.63. The minimum atomic E-state index is -0.711. The minimum Gasteiger partial charge on any atom is -0.378 e. The fourth-order valence-electron chi connectivity index (χ4n) is 2.48. The highest BCUT2D eigenvalue weighted by Gasteiger charge is 2.16. The number of amides is 1. The van der Waals surface area contributed by atoms with Crippen LogP contribution in [0.5, 0.6) is 0 Å². The normalized spacial score (nSPS) is 16.0. The second kappa shape index (κ2) is 7.21. The number of nitrogens with zero attached hydrogens (tertiary/aromatic N) is 2. The number of hydrogen-bond acceptors (Lipinski definition) is 5. The zero-order valence-electron chi connectivity index (χ0n) is 12.8. The van der Waals surface area contributed by atoms with E-state index in [-0.39, 0.29) is 5.91 Å². The Balaban J connectivity index is 1.62. The van der Waals surface area contributed by atoms with Gasteiger partial charge in [0.25, 0.3) is 0 Å². The Morgan fingerprint density at radius 1 is 1.17 bits per heavy atom. The van der Waals surface area contributed by atoms with Crippen LogP contribution in [0.3, 0.4) is 0 Å². The zero-order chi connectivity index (χ0) is 16.1. The summed E-state index contributed by atoms with van der Waals surface area (Å²) in [5.41, 5.74) is 7.77. The third kappa shape index (κ3) is 3.85. The number of ether oxygens (including phenoxy) is 1. The molecule has 2 heterocycles. The first-order chi connectivity index (χ1) is 11.2. The first-order valence-corrected chi connectivity index (χ1v) is 7.64. The number of rotatable bonds is 4. The lowest BCUT2D eigenvalue weighted by molar-refractivity contribution is -0.117. The first-order valence-electron chi connectivity index (χ1n) is 7.64. The van der Waals surface area contributed by atoms with Gasteiger partial charge in [-0.1, -0.05) is 30.3 Å². The van der Waals surface area contributed by atoms with Crippen LogP contribution in [0.1, 0.15) is 11.6 Å². The number of hydrogen-bond donors (Lipinski definition) is 2. The van der Waals surface area contributed by atoms with Gasteiger partial charge in [-0.05, 0) is 17.7 Å². The van der Waals surface area contributed by atoms with Crippen LogP contribution in [0.4, 0.5) is 11.5 Å². The van der Waals surface area contributed by atoms with E-state index in [4.69, 9.17) is 10.5 Å². The van der Waals surface area contributed by atoms with E-state index < -0.39 is 6.04 Å². The summed E-state index contributed by atoms with van der Waals surface area (Å²) in [7, 11) is 0. The lowest BCUT2D eigenvalue weighted by atomic mass is 10.1. The van der Waals surface area contributed by atoms with Crippen molar-refractivity contribution >= 4 is 17.4 Å². The molecule has 2 aromatic rings. The van der Waals surface area contributed by atoms with Crippen LogP contribution in [0, 0.1) is 0 Å². The van der Waals surface area contributed by atoms with E-state index in [1.54, 1.807) is 12.3 Å². The van der Waals surface area contributed by atoms with Crippen LogP contribution in [0.2, 0.25) is 0 Å². The van der Waals surface area contributed by atoms with E-state index >= 15 is 0 Å². The molecule has 0 saturated carbocycles. The summed E-state index contributed by atoms with van der Waals surface area (Å²) in [6, 6.07) is 12.3. The summed E-state index contributed by atoms with van der Waals surface area (Å²) in [6.45, 7) is 3.16. The third-order valence-electron chi connectivity index (χ3n) is 3.82. The maximum Gasteiger partial charge on any atom is 0.247 e. The van der Waals surface area contributed by atoms with Gasteiger partial charge in [-0.25, -0.2) is 4.98 Å². The maximum absolute atomic E-state index is 12.2. The molecule has 120 valence electrons.